The van der Waals surface area contributed by atoms with Gasteiger partial charge in [0.25, 0.3) is 0 Å². The molecule has 0 rings (SSSR count). The molecule has 0 fully saturated rings. The van der Waals surface area contributed by atoms with E-state index in [0.717, 1.165) is 25.7 Å². The molecule has 0 saturated heterocycles. The van der Waals surface area contributed by atoms with Crippen molar-refractivity contribution >= 4 is 35.8 Å². The van der Waals surface area contributed by atoms with Gasteiger partial charge >= 0.3 is 11.9 Å². The van der Waals surface area contributed by atoms with Crippen LogP contribution in [-0.4, -0.2) is 50.1 Å². The van der Waals surface area contributed by atoms with E-state index in [2.05, 4.69) is 51.0 Å². The van der Waals surface area contributed by atoms with E-state index < -0.39 is 0 Å². The first-order valence-electron chi connectivity index (χ1n) is 10.0. The number of methoxy groups -OCH3 is 2. The summed E-state index contributed by atoms with van der Waals surface area (Å²) in [4.78, 5) is 21.5. The zero-order valence-electron chi connectivity index (χ0n) is 19.2. The van der Waals surface area contributed by atoms with E-state index in [1.54, 1.807) is 0 Å². The van der Waals surface area contributed by atoms with E-state index in [1.807, 2.05) is 0 Å². The Balaban J connectivity index is -0.000000411. The van der Waals surface area contributed by atoms with Crippen LogP contribution in [-0.2, 0) is 19.1 Å². The van der Waals surface area contributed by atoms with Gasteiger partial charge in [0.1, 0.15) is 0 Å². The summed E-state index contributed by atoms with van der Waals surface area (Å²) in [7, 11) is 2.88. The Morgan fingerprint density at radius 3 is 1.11 bits per heavy atom. The first-order chi connectivity index (χ1) is 11.9. The van der Waals surface area contributed by atoms with Crippen LogP contribution in [0.3, 0.4) is 0 Å². The van der Waals surface area contributed by atoms with Crippen molar-refractivity contribution in [2.45, 2.75) is 106 Å². The molecule has 0 aliphatic heterocycles. The van der Waals surface area contributed by atoms with Crippen molar-refractivity contribution in [2.75, 3.05) is 14.2 Å². The minimum absolute atomic E-state index is 0. The third-order valence-corrected chi connectivity index (χ3v) is 4.07. The van der Waals surface area contributed by atoms with Gasteiger partial charge in [0.15, 0.2) is 0 Å². The molecule has 0 bridgehead atoms. The molecular formula is C22H44O4Sn. The molecule has 0 N–H and O–H groups in total. The fourth-order valence-electron chi connectivity index (χ4n) is 2.41. The Hall–Kier alpha value is -0.261. The third-order valence-electron chi connectivity index (χ3n) is 4.07. The minimum atomic E-state index is -0.0873. The molecule has 0 heterocycles. The summed E-state index contributed by atoms with van der Waals surface area (Å²) in [5.41, 5.74) is 0.844. The van der Waals surface area contributed by atoms with Crippen LogP contribution in [0.1, 0.15) is 106 Å². The Labute approximate surface area is 185 Å². The van der Waals surface area contributed by atoms with Gasteiger partial charge < -0.3 is 9.47 Å². The second kappa shape index (κ2) is 17.8. The average molecular weight is 491 g/mol. The summed E-state index contributed by atoms with van der Waals surface area (Å²) in [6.45, 7) is 13.5. The largest absolute Gasteiger partial charge is 0.469 e. The number of carbonyl (C=O) groups excluding carboxylic acids is 2. The minimum Gasteiger partial charge on any atom is -0.469 e. The van der Waals surface area contributed by atoms with Crippen LogP contribution in [0.25, 0.3) is 0 Å². The van der Waals surface area contributed by atoms with Gasteiger partial charge in [0.2, 0.25) is 0 Å². The Morgan fingerprint density at radius 1 is 0.593 bits per heavy atom. The summed E-state index contributed by atoms with van der Waals surface area (Å²) in [6.07, 6.45) is 10.2. The standard InChI is InChI=1S/2C11H22O2.Sn/c2*1-11(2,3)9-7-5-6-8-10(12)13-4;/h2*5-9H2,1-4H3;. The van der Waals surface area contributed by atoms with Crippen molar-refractivity contribution in [2.24, 2.45) is 10.8 Å². The van der Waals surface area contributed by atoms with Crippen molar-refractivity contribution in [1.29, 1.82) is 0 Å². The molecule has 5 heteroatoms. The maximum Gasteiger partial charge on any atom is 0.305 e. The fraction of sp³-hybridized carbons (Fsp3) is 0.909. The van der Waals surface area contributed by atoms with E-state index in [9.17, 15) is 9.59 Å². The van der Waals surface area contributed by atoms with Crippen molar-refractivity contribution in [3.63, 3.8) is 0 Å². The second-order valence-electron chi connectivity index (χ2n) is 9.39. The Bertz CT molecular complexity index is 331. The quantitative estimate of drug-likeness (QED) is 0.216. The topological polar surface area (TPSA) is 52.6 Å². The van der Waals surface area contributed by atoms with Gasteiger partial charge in [-0.2, -0.15) is 0 Å². The summed E-state index contributed by atoms with van der Waals surface area (Å²) in [5.74, 6) is -0.175. The van der Waals surface area contributed by atoms with Crippen LogP contribution >= 0.6 is 0 Å². The predicted molar refractivity (Wildman–Crippen MR) is 115 cm³/mol. The predicted octanol–water partition coefficient (Wildman–Crippen LogP) is 5.93. The van der Waals surface area contributed by atoms with Gasteiger partial charge in [-0.25, -0.2) is 0 Å². The van der Waals surface area contributed by atoms with Gasteiger partial charge in [-0.1, -0.05) is 67.2 Å². The van der Waals surface area contributed by atoms with Crippen molar-refractivity contribution in [3.8, 4) is 0 Å². The van der Waals surface area contributed by atoms with Gasteiger partial charge in [-0.05, 0) is 36.5 Å². The van der Waals surface area contributed by atoms with Gasteiger partial charge in [0, 0.05) is 36.7 Å². The second-order valence-corrected chi connectivity index (χ2v) is 9.39. The summed E-state index contributed by atoms with van der Waals surface area (Å²) < 4.78 is 9.12. The Kier molecular flexibility index (Phi) is 20.7. The van der Waals surface area contributed by atoms with E-state index >= 15 is 0 Å². The number of rotatable bonds is 10. The van der Waals surface area contributed by atoms with Crippen LogP contribution in [0.15, 0.2) is 0 Å². The molecule has 0 spiro atoms. The average Bonchev–Trinajstić information content (AvgIpc) is 2.52. The molecule has 0 saturated carbocycles. The first-order valence-corrected chi connectivity index (χ1v) is 10.0. The van der Waals surface area contributed by atoms with Crippen LogP contribution in [0.4, 0.5) is 0 Å². The van der Waals surface area contributed by atoms with Crippen LogP contribution in [0, 0.1) is 10.8 Å². The zero-order valence-corrected chi connectivity index (χ0v) is 22.1. The van der Waals surface area contributed by atoms with Crippen molar-refractivity contribution in [3.05, 3.63) is 0 Å². The molecule has 27 heavy (non-hydrogen) atoms. The molecular weight excluding hydrogens is 447 g/mol. The van der Waals surface area contributed by atoms with E-state index in [-0.39, 0.29) is 35.8 Å². The number of ether oxygens (including phenoxy) is 2. The number of hydrogen-bond acceptors (Lipinski definition) is 4. The molecule has 0 aromatic rings. The molecule has 0 aliphatic carbocycles. The van der Waals surface area contributed by atoms with Gasteiger partial charge in [0.05, 0.1) is 14.2 Å². The zero-order chi connectivity index (χ0) is 20.6. The fourth-order valence-corrected chi connectivity index (χ4v) is 2.41. The Morgan fingerprint density at radius 2 is 0.889 bits per heavy atom. The number of esters is 2. The monoisotopic (exact) mass is 492 g/mol. The van der Waals surface area contributed by atoms with E-state index in [4.69, 9.17) is 0 Å². The molecule has 160 valence electrons. The summed E-state index contributed by atoms with van der Waals surface area (Å²) >= 11 is 0. The molecule has 0 amide bonds. The molecule has 4 radical (unpaired) electrons. The SMILES string of the molecule is COC(=O)CCCCCC(C)(C)C.COC(=O)CCCCCC(C)(C)C.[Sn]. The van der Waals surface area contributed by atoms with Gasteiger partial charge in [-0.3, -0.25) is 9.59 Å². The summed E-state index contributed by atoms with van der Waals surface area (Å²) in [6, 6.07) is 0. The maximum absolute atomic E-state index is 10.7. The van der Waals surface area contributed by atoms with Crippen LogP contribution in [0.2, 0.25) is 0 Å². The van der Waals surface area contributed by atoms with E-state index in [1.165, 1.54) is 39.9 Å². The molecule has 0 aromatic heterocycles. The molecule has 0 unspecified atom stereocenters. The van der Waals surface area contributed by atoms with Crippen LogP contribution < -0.4 is 0 Å². The normalized spacial score (nSPS) is 11.0. The molecule has 4 nitrogen and oxygen atoms in total. The maximum atomic E-state index is 10.7. The molecule has 0 aromatic carbocycles. The van der Waals surface area contributed by atoms with Crippen molar-refractivity contribution in [1.82, 2.24) is 0 Å². The van der Waals surface area contributed by atoms with Crippen LogP contribution in [0.5, 0.6) is 0 Å². The smallest absolute Gasteiger partial charge is 0.305 e. The third kappa shape index (κ3) is 30.7. The number of hydrogen-bond donors (Lipinski definition) is 0. The first kappa shape index (κ1) is 31.4. The number of carbonyl (C=O) groups is 2. The molecule has 0 atom stereocenters. The summed E-state index contributed by atoms with van der Waals surface area (Å²) in [5, 5.41) is 0. The molecule has 0 aliphatic rings. The number of unbranched alkanes of at least 4 members (excludes halogenated alkanes) is 4. The van der Waals surface area contributed by atoms with Gasteiger partial charge in [-0.15, -0.1) is 0 Å². The van der Waals surface area contributed by atoms with Crippen molar-refractivity contribution < 1.29 is 19.1 Å². The van der Waals surface area contributed by atoms with E-state index in [0.29, 0.717) is 23.7 Å².